The van der Waals surface area contributed by atoms with Gasteiger partial charge in [-0.15, -0.1) is 0 Å². The number of carbonyl (C=O) groups excluding carboxylic acids is 2. The molecule has 2 heterocycles. The summed E-state index contributed by atoms with van der Waals surface area (Å²) in [6.07, 6.45) is 7.06. The summed E-state index contributed by atoms with van der Waals surface area (Å²) in [5.74, 6) is 0.464. The van der Waals surface area contributed by atoms with Crippen LogP contribution in [0, 0.1) is 5.92 Å². The van der Waals surface area contributed by atoms with E-state index >= 15 is 0 Å². The normalized spacial score (nSPS) is 13.9. The Balaban J connectivity index is 1.45. The van der Waals surface area contributed by atoms with Crippen molar-refractivity contribution in [2.24, 2.45) is 5.92 Å². The van der Waals surface area contributed by atoms with Gasteiger partial charge in [0.05, 0.1) is 17.6 Å². The van der Waals surface area contributed by atoms with Gasteiger partial charge in [-0.05, 0) is 67.9 Å². The Labute approximate surface area is 219 Å². The summed E-state index contributed by atoms with van der Waals surface area (Å²) in [6.45, 7) is 0.182. The Bertz CT molecular complexity index is 1420. The summed E-state index contributed by atoms with van der Waals surface area (Å²) >= 11 is 0. The number of aromatic amines is 1. The zero-order chi connectivity index (χ0) is 27.2. The average Bonchev–Trinajstić information content (AvgIpc) is 3.59. The van der Waals surface area contributed by atoms with Gasteiger partial charge in [0, 0.05) is 20.3 Å². The highest BCUT2D eigenvalue weighted by atomic mass is 16.4. The lowest BCUT2D eigenvalue weighted by atomic mass is 10.1. The molecule has 4 rings (SSSR count). The van der Waals surface area contributed by atoms with Gasteiger partial charge >= 0.3 is 6.09 Å². The van der Waals surface area contributed by atoms with Crippen LogP contribution in [0.25, 0.3) is 11.0 Å². The van der Waals surface area contributed by atoms with Crippen molar-refractivity contribution in [3.05, 3.63) is 70.4 Å². The Hall–Kier alpha value is -4.41. The summed E-state index contributed by atoms with van der Waals surface area (Å²) in [5, 5.41) is 13.9. The third-order valence-electron chi connectivity index (χ3n) is 6.39. The number of hydrogen-bond donors (Lipinski definition) is 4. The first-order chi connectivity index (χ1) is 18.2. The highest BCUT2D eigenvalue weighted by molar-refractivity contribution is 5.96. The van der Waals surface area contributed by atoms with Gasteiger partial charge in [-0.2, -0.15) is 0 Å². The van der Waals surface area contributed by atoms with Crippen LogP contribution < -0.4 is 16.2 Å². The van der Waals surface area contributed by atoms with Gasteiger partial charge in [-0.3, -0.25) is 14.4 Å². The third kappa shape index (κ3) is 6.87. The van der Waals surface area contributed by atoms with E-state index < -0.39 is 23.6 Å². The number of fused-ring (bicyclic) bond motifs is 1. The number of allylic oxidation sites excluding steroid dienone is 1. The van der Waals surface area contributed by atoms with E-state index in [-0.39, 0.29) is 31.0 Å². The van der Waals surface area contributed by atoms with Crippen LogP contribution in [0.4, 0.5) is 10.5 Å². The second-order valence-electron chi connectivity index (χ2n) is 9.70. The molecule has 1 atom stereocenters. The highest BCUT2D eigenvalue weighted by Gasteiger charge is 2.23. The number of nitrogens with one attached hydrogen (secondary N) is 3. The number of H-pyrrole nitrogens is 1. The van der Waals surface area contributed by atoms with Crippen LogP contribution in [0.15, 0.2) is 53.5 Å². The summed E-state index contributed by atoms with van der Waals surface area (Å²) in [5.41, 5.74) is 2.61. The summed E-state index contributed by atoms with van der Waals surface area (Å²) < 4.78 is 1.43. The van der Waals surface area contributed by atoms with Crippen molar-refractivity contribution in [3.63, 3.8) is 0 Å². The van der Waals surface area contributed by atoms with Crippen LogP contribution >= 0.6 is 0 Å². The molecule has 2 aromatic heterocycles. The van der Waals surface area contributed by atoms with E-state index in [1.54, 1.807) is 32.4 Å². The lowest BCUT2D eigenvalue weighted by Crippen LogP contribution is -2.44. The summed E-state index contributed by atoms with van der Waals surface area (Å²) in [7, 11) is 3.23. The predicted molar refractivity (Wildman–Crippen MR) is 143 cm³/mol. The Morgan fingerprint density at radius 2 is 2.03 bits per heavy atom. The Morgan fingerprint density at radius 1 is 1.24 bits per heavy atom. The standard InChI is InChI=1S/C27H32N6O5/c1-32(2)23(34)11-4-3-8-20(30-27(37)38)25(35)29-21-10-6-14-33(26(21)36)16-22-28-19-9-5-7-18(24(19)31-22)15-17-12-13-17/h4-7,9-11,14,17,20,30H,3,8,12-13,15-16H2,1-2H3,(H,28,31)(H,29,35)(H,37,38)/b11-4+. The van der Waals surface area contributed by atoms with Crippen LogP contribution in [-0.2, 0) is 22.6 Å². The maximum Gasteiger partial charge on any atom is 0.405 e. The molecule has 0 aliphatic heterocycles. The summed E-state index contributed by atoms with van der Waals surface area (Å²) in [4.78, 5) is 58.3. The van der Waals surface area contributed by atoms with E-state index in [9.17, 15) is 19.2 Å². The van der Waals surface area contributed by atoms with E-state index in [1.807, 2.05) is 12.1 Å². The zero-order valence-electron chi connectivity index (χ0n) is 21.4. The molecular weight excluding hydrogens is 488 g/mol. The molecule has 1 aromatic carbocycles. The molecular formula is C27H32N6O5. The fourth-order valence-corrected chi connectivity index (χ4v) is 4.17. The smallest absolute Gasteiger partial charge is 0.405 e. The van der Waals surface area contributed by atoms with Crippen molar-refractivity contribution >= 4 is 34.6 Å². The van der Waals surface area contributed by atoms with Crippen LogP contribution in [0.5, 0.6) is 0 Å². The number of pyridine rings is 1. The fraction of sp³-hybridized carbons (Fsp3) is 0.370. The van der Waals surface area contributed by atoms with Crippen LogP contribution in [-0.4, -0.2) is 62.6 Å². The average molecular weight is 521 g/mol. The van der Waals surface area contributed by atoms with Crippen molar-refractivity contribution < 1.29 is 19.5 Å². The van der Waals surface area contributed by atoms with Gasteiger partial charge in [-0.25, -0.2) is 9.78 Å². The molecule has 4 N–H and O–H groups in total. The molecule has 1 fully saturated rings. The molecule has 11 nitrogen and oxygen atoms in total. The molecule has 3 aromatic rings. The monoisotopic (exact) mass is 520 g/mol. The maximum atomic E-state index is 13.1. The molecule has 0 saturated heterocycles. The fourth-order valence-electron chi connectivity index (χ4n) is 4.17. The largest absolute Gasteiger partial charge is 0.465 e. The molecule has 3 amide bonds. The van der Waals surface area contributed by atoms with Gasteiger partial charge in [0.2, 0.25) is 11.8 Å². The second-order valence-corrected chi connectivity index (χ2v) is 9.70. The van der Waals surface area contributed by atoms with Crippen molar-refractivity contribution in [1.29, 1.82) is 0 Å². The van der Waals surface area contributed by atoms with E-state index in [0.717, 1.165) is 23.4 Å². The number of anilines is 1. The van der Waals surface area contributed by atoms with E-state index in [4.69, 9.17) is 10.1 Å². The van der Waals surface area contributed by atoms with Crippen LogP contribution in [0.2, 0.25) is 0 Å². The lowest BCUT2D eigenvalue weighted by molar-refractivity contribution is -0.123. The van der Waals surface area contributed by atoms with Gasteiger partial charge in [0.25, 0.3) is 5.56 Å². The number of hydrogen-bond acceptors (Lipinski definition) is 5. The van der Waals surface area contributed by atoms with E-state index in [0.29, 0.717) is 5.82 Å². The van der Waals surface area contributed by atoms with Crippen molar-refractivity contribution in [2.75, 3.05) is 19.4 Å². The number of carboxylic acid groups (broad SMARTS) is 1. The number of benzene rings is 1. The van der Waals surface area contributed by atoms with Crippen LogP contribution in [0.1, 0.15) is 37.1 Å². The van der Waals surface area contributed by atoms with Gasteiger partial charge in [-0.1, -0.05) is 18.2 Å². The number of carbonyl (C=O) groups is 3. The second kappa shape index (κ2) is 11.8. The summed E-state index contributed by atoms with van der Waals surface area (Å²) in [6, 6.07) is 8.04. The molecule has 1 saturated carbocycles. The van der Waals surface area contributed by atoms with Crippen molar-refractivity contribution in [3.8, 4) is 0 Å². The topological polar surface area (TPSA) is 149 Å². The number of aromatic nitrogens is 3. The Morgan fingerprint density at radius 3 is 2.74 bits per heavy atom. The third-order valence-corrected chi connectivity index (χ3v) is 6.39. The Kier molecular flexibility index (Phi) is 8.25. The molecule has 0 bridgehead atoms. The first kappa shape index (κ1) is 26.6. The van der Waals surface area contributed by atoms with E-state index in [2.05, 4.69) is 21.7 Å². The zero-order valence-corrected chi connectivity index (χ0v) is 21.4. The first-order valence-corrected chi connectivity index (χ1v) is 12.6. The minimum atomic E-state index is -1.37. The van der Waals surface area contributed by atoms with Crippen molar-refractivity contribution in [1.82, 2.24) is 24.8 Å². The molecule has 200 valence electrons. The number of rotatable bonds is 11. The number of likely N-dealkylation sites (N-methyl/N-ethyl adjacent to an activating group) is 1. The minimum Gasteiger partial charge on any atom is -0.465 e. The highest BCUT2D eigenvalue weighted by Crippen LogP contribution is 2.34. The number of imidazole rings is 1. The first-order valence-electron chi connectivity index (χ1n) is 12.6. The van der Waals surface area contributed by atoms with Gasteiger partial charge in [0.1, 0.15) is 17.6 Å². The SMILES string of the molecule is CN(C)C(=O)/C=C/CCC(NC(=O)O)C(=O)Nc1cccn(Cc2nc3c(CC4CC4)cccc3[nH]2)c1=O. The molecule has 0 spiro atoms. The lowest BCUT2D eigenvalue weighted by Gasteiger charge is -2.16. The van der Waals surface area contributed by atoms with Gasteiger partial charge < -0.3 is 30.2 Å². The maximum absolute atomic E-state index is 13.1. The molecule has 1 unspecified atom stereocenters. The molecule has 1 aliphatic rings. The molecule has 11 heteroatoms. The number of para-hydroxylation sites is 1. The predicted octanol–water partition coefficient (Wildman–Crippen LogP) is 2.72. The van der Waals surface area contributed by atoms with Crippen molar-refractivity contribution in [2.45, 2.75) is 44.7 Å². The number of amides is 3. The van der Waals surface area contributed by atoms with Gasteiger partial charge in [0.15, 0.2) is 0 Å². The molecule has 1 aliphatic carbocycles. The quantitative estimate of drug-likeness (QED) is 0.286. The van der Waals surface area contributed by atoms with E-state index in [1.165, 1.54) is 40.0 Å². The minimum absolute atomic E-state index is 0.0264. The number of nitrogens with zero attached hydrogens (tertiary/aromatic N) is 3. The molecule has 38 heavy (non-hydrogen) atoms. The van der Waals surface area contributed by atoms with Crippen LogP contribution in [0.3, 0.4) is 0 Å². The molecule has 0 radical (unpaired) electrons.